The average molecular weight is 261 g/mol. The Balaban J connectivity index is 1.90. The van der Waals surface area contributed by atoms with Crippen LogP contribution < -0.4 is 0 Å². The van der Waals surface area contributed by atoms with E-state index in [-0.39, 0.29) is 0 Å². The van der Waals surface area contributed by atoms with E-state index in [1.165, 1.54) is 5.56 Å². The van der Waals surface area contributed by atoms with Crippen molar-refractivity contribution in [2.45, 2.75) is 38.6 Å². The summed E-state index contributed by atoms with van der Waals surface area (Å²) in [6.07, 6.45) is 3.53. The summed E-state index contributed by atoms with van der Waals surface area (Å²) < 4.78 is 0. The molecular formula is C16H23NO2. The van der Waals surface area contributed by atoms with Crippen LogP contribution in [0.2, 0.25) is 0 Å². The van der Waals surface area contributed by atoms with Crippen LogP contribution in [0, 0.1) is 5.92 Å². The Morgan fingerprint density at radius 3 is 2.79 bits per heavy atom. The zero-order valence-corrected chi connectivity index (χ0v) is 11.6. The van der Waals surface area contributed by atoms with Gasteiger partial charge in [0.15, 0.2) is 0 Å². The van der Waals surface area contributed by atoms with Gasteiger partial charge in [-0.05, 0) is 37.3 Å². The standard InChI is InChI=1S/C16H23NO2/c1-2-15(10-13-6-4-3-5-7-13)17-9-8-14(12-17)11-16(18)19/h3-7,14-15H,2,8-12H2,1H3,(H,18,19). The molecule has 104 valence electrons. The van der Waals surface area contributed by atoms with Crippen LogP contribution in [0.25, 0.3) is 0 Å². The minimum Gasteiger partial charge on any atom is -0.481 e. The van der Waals surface area contributed by atoms with Crippen molar-refractivity contribution < 1.29 is 9.90 Å². The van der Waals surface area contributed by atoms with Crippen LogP contribution in [0.5, 0.6) is 0 Å². The van der Waals surface area contributed by atoms with Gasteiger partial charge in [0.25, 0.3) is 0 Å². The number of aliphatic carboxylic acids is 1. The third-order valence-electron chi connectivity index (χ3n) is 4.08. The van der Waals surface area contributed by atoms with Crippen LogP contribution >= 0.6 is 0 Å². The van der Waals surface area contributed by atoms with Crippen LogP contribution in [0.4, 0.5) is 0 Å². The van der Waals surface area contributed by atoms with E-state index >= 15 is 0 Å². The number of carboxylic acid groups (broad SMARTS) is 1. The molecule has 0 saturated carbocycles. The van der Waals surface area contributed by atoms with Crippen LogP contribution in [0.3, 0.4) is 0 Å². The summed E-state index contributed by atoms with van der Waals surface area (Å²) in [6, 6.07) is 11.1. The molecule has 1 N–H and O–H groups in total. The number of carboxylic acids is 1. The van der Waals surface area contributed by atoms with E-state index in [4.69, 9.17) is 5.11 Å². The molecule has 1 aromatic carbocycles. The normalized spacial score (nSPS) is 21.4. The Kier molecular flexibility index (Phi) is 4.97. The van der Waals surface area contributed by atoms with Gasteiger partial charge in [-0.2, -0.15) is 0 Å². The van der Waals surface area contributed by atoms with Crippen LogP contribution in [0.15, 0.2) is 30.3 Å². The molecule has 0 aliphatic carbocycles. The van der Waals surface area contributed by atoms with Crippen molar-refractivity contribution in [2.24, 2.45) is 5.92 Å². The highest BCUT2D eigenvalue weighted by atomic mass is 16.4. The summed E-state index contributed by atoms with van der Waals surface area (Å²) in [4.78, 5) is 13.2. The molecule has 19 heavy (non-hydrogen) atoms. The molecular weight excluding hydrogens is 238 g/mol. The predicted octanol–water partition coefficient (Wildman–Crippen LogP) is 2.80. The maximum atomic E-state index is 10.8. The quantitative estimate of drug-likeness (QED) is 0.856. The van der Waals surface area contributed by atoms with Crippen molar-refractivity contribution in [2.75, 3.05) is 13.1 Å². The molecule has 3 heteroatoms. The zero-order valence-electron chi connectivity index (χ0n) is 11.6. The minimum absolute atomic E-state index is 0.318. The number of carbonyl (C=O) groups is 1. The fraction of sp³-hybridized carbons (Fsp3) is 0.562. The molecule has 1 aromatic rings. The van der Waals surface area contributed by atoms with E-state index in [1.54, 1.807) is 0 Å². The van der Waals surface area contributed by atoms with E-state index in [0.29, 0.717) is 18.4 Å². The lowest BCUT2D eigenvalue weighted by molar-refractivity contribution is -0.138. The van der Waals surface area contributed by atoms with Gasteiger partial charge < -0.3 is 5.11 Å². The Labute approximate surface area is 115 Å². The van der Waals surface area contributed by atoms with Gasteiger partial charge in [-0.3, -0.25) is 9.69 Å². The maximum Gasteiger partial charge on any atom is 0.303 e. The Morgan fingerprint density at radius 1 is 1.42 bits per heavy atom. The molecule has 2 rings (SSSR count). The highest BCUT2D eigenvalue weighted by molar-refractivity contribution is 5.67. The first-order valence-electron chi connectivity index (χ1n) is 7.18. The average Bonchev–Trinajstić information content (AvgIpc) is 2.84. The van der Waals surface area contributed by atoms with Crippen molar-refractivity contribution in [3.05, 3.63) is 35.9 Å². The lowest BCUT2D eigenvalue weighted by Crippen LogP contribution is -2.34. The Bertz CT molecular complexity index is 404. The van der Waals surface area contributed by atoms with Gasteiger partial charge >= 0.3 is 5.97 Å². The van der Waals surface area contributed by atoms with Crippen LogP contribution in [0.1, 0.15) is 31.7 Å². The van der Waals surface area contributed by atoms with Gasteiger partial charge in [0.05, 0.1) is 0 Å². The number of hydrogen-bond donors (Lipinski definition) is 1. The first-order valence-corrected chi connectivity index (χ1v) is 7.18. The Morgan fingerprint density at radius 2 is 2.16 bits per heavy atom. The van der Waals surface area contributed by atoms with Crippen LogP contribution in [-0.2, 0) is 11.2 Å². The summed E-state index contributed by atoms with van der Waals surface area (Å²) in [7, 11) is 0. The van der Waals surface area contributed by atoms with Gasteiger partial charge in [0.2, 0.25) is 0 Å². The lowest BCUT2D eigenvalue weighted by atomic mass is 10.0. The second-order valence-corrected chi connectivity index (χ2v) is 5.50. The van der Waals surface area contributed by atoms with Crippen molar-refractivity contribution >= 4 is 5.97 Å². The molecule has 0 spiro atoms. The minimum atomic E-state index is -0.664. The molecule has 1 saturated heterocycles. The van der Waals surface area contributed by atoms with E-state index in [1.807, 2.05) is 6.07 Å². The summed E-state index contributed by atoms with van der Waals surface area (Å²) in [6.45, 7) is 4.21. The van der Waals surface area contributed by atoms with Crippen LogP contribution in [-0.4, -0.2) is 35.1 Å². The molecule has 1 heterocycles. The molecule has 2 atom stereocenters. The van der Waals surface area contributed by atoms with Gasteiger partial charge in [-0.1, -0.05) is 37.3 Å². The highest BCUT2D eigenvalue weighted by Gasteiger charge is 2.28. The SMILES string of the molecule is CCC(Cc1ccccc1)N1CCC(CC(=O)O)C1. The number of likely N-dealkylation sites (tertiary alicyclic amines) is 1. The fourth-order valence-corrected chi connectivity index (χ4v) is 3.03. The summed E-state index contributed by atoms with van der Waals surface area (Å²) in [5.41, 5.74) is 1.37. The molecule has 1 aliphatic heterocycles. The second-order valence-electron chi connectivity index (χ2n) is 5.50. The van der Waals surface area contributed by atoms with Gasteiger partial charge in [0.1, 0.15) is 0 Å². The molecule has 1 fully saturated rings. The van der Waals surface area contributed by atoms with Gasteiger partial charge in [-0.25, -0.2) is 0 Å². The number of hydrogen-bond acceptors (Lipinski definition) is 2. The zero-order chi connectivity index (χ0) is 13.7. The monoisotopic (exact) mass is 261 g/mol. The maximum absolute atomic E-state index is 10.8. The third-order valence-corrected chi connectivity index (χ3v) is 4.08. The number of nitrogens with zero attached hydrogens (tertiary/aromatic N) is 1. The second kappa shape index (κ2) is 6.71. The van der Waals surface area contributed by atoms with Crippen molar-refractivity contribution in [1.29, 1.82) is 0 Å². The Hall–Kier alpha value is -1.35. The first kappa shape index (κ1) is 14.1. The van der Waals surface area contributed by atoms with E-state index in [2.05, 4.69) is 36.1 Å². The van der Waals surface area contributed by atoms with Gasteiger partial charge in [-0.15, -0.1) is 0 Å². The molecule has 0 radical (unpaired) electrons. The molecule has 0 amide bonds. The highest BCUT2D eigenvalue weighted by Crippen LogP contribution is 2.24. The first-order chi connectivity index (χ1) is 9.19. The molecule has 3 nitrogen and oxygen atoms in total. The third kappa shape index (κ3) is 4.06. The van der Waals surface area contributed by atoms with Crippen molar-refractivity contribution in [1.82, 2.24) is 4.90 Å². The lowest BCUT2D eigenvalue weighted by Gasteiger charge is -2.27. The van der Waals surface area contributed by atoms with Crippen molar-refractivity contribution in [3.63, 3.8) is 0 Å². The number of rotatable bonds is 6. The van der Waals surface area contributed by atoms with E-state index in [0.717, 1.165) is 32.4 Å². The molecule has 2 unspecified atom stereocenters. The molecule has 0 bridgehead atoms. The summed E-state index contributed by atoms with van der Waals surface area (Å²) in [5.74, 6) is -0.328. The fourth-order valence-electron chi connectivity index (χ4n) is 3.03. The predicted molar refractivity (Wildman–Crippen MR) is 76.2 cm³/mol. The largest absolute Gasteiger partial charge is 0.481 e. The summed E-state index contributed by atoms with van der Waals surface area (Å²) in [5, 5.41) is 8.87. The molecule has 0 aromatic heterocycles. The van der Waals surface area contributed by atoms with Gasteiger partial charge in [0, 0.05) is 19.0 Å². The van der Waals surface area contributed by atoms with Crippen molar-refractivity contribution in [3.8, 4) is 0 Å². The van der Waals surface area contributed by atoms with E-state index in [9.17, 15) is 4.79 Å². The summed E-state index contributed by atoms with van der Waals surface area (Å²) >= 11 is 0. The smallest absolute Gasteiger partial charge is 0.303 e. The topological polar surface area (TPSA) is 40.5 Å². The number of benzene rings is 1. The van der Waals surface area contributed by atoms with E-state index < -0.39 is 5.97 Å². The molecule has 1 aliphatic rings.